The molecule has 1 aromatic carbocycles. The maximum atomic E-state index is 13.8. The van der Waals surface area contributed by atoms with Gasteiger partial charge in [-0.2, -0.15) is 0 Å². The van der Waals surface area contributed by atoms with Crippen molar-refractivity contribution in [3.63, 3.8) is 0 Å². The first-order valence-electron chi connectivity index (χ1n) is 11.6. The molecule has 8 heteroatoms. The van der Waals surface area contributed by atoms with Gasteiger partial charge in [-0.15, -0.1) is 0 Å². The van der Waals surface area contributed by atoms with Crippen LogP contribution in [-0.2, 0) is 9.59 Å². The van der Waals surface area contributed by atoms with Gasteiger partial charge in [0.15, 0.2) is 11.5 Å². The van der Waals surface area contributed by atoms with Crippen molar-refractivity contribution in [2.45, 2.75) is 19.9 Å². The normalized spacial score (nSPS) is 17.9. The van der Waals surface area contributed by atoms with Crippen LogP contribution in [0.2, 0.25) is 0 Å². The second-order valence-corrected chi connectivity index (χ2v) is 8.98. The van der Waals surface area contributed by atoms with E-state index >= 15 is 0 Å². The van der Waals surface area contributed by atoms with Gasteiger partial charge in [0.1, 0.15) is 18.1 Å². The number of fused-ring (bicyclic) bond motifs is 1. The summed E-state index contributed by atoms with van der Waals surface area (Å²) in [4.78, 5) is 36.4. The molecule has 0 bridgehead atoms. The number of amides is 1. The van der Waals surface area contributed by atoms with Gasteiger partial charge in [0.2, 0.25) is 0 Å². The summed E-state index contributed by atoms with van der Waals surface area (Å²) in [7, 11) is 3.13. The molecule has 0 spiro atoms. The Labute approximate surface area is 200 Å². The van der Waals surface area contributed by atoms with Crippen LogP contribution in [0.5, 0.6) is 11.5 Å². The van der Waals surface area contributed by atoms with Crippen LogP contribution in [0.15, 0.2) is 42.7 Å². The summed E-state index contributed by atoms with van der Waals surface area (Å²) in [5.74, 6) is 2.26. The van der Waals surface area contributed by atoms with Crippen LogP contribution in [0.3, 0.4) is 0 Å². The molecule has 2 aliphatic rings. The smallest absolute Gasteiger partial charge is 0.256 e. The summed E-state index contributed by atoms with van der Waals surface area (Å²) in [5.41, 5.74) is 2.04. The summed E-state index contributed by atoms with van der Waals surface area (Å²) >= 11 is 0. The number of methoxy groups -OCH3 is 2. The topological polar surface area (TPSA) is 75.2 Å². The van der Waals surface area contributed by atoms with Gasteiger partial charge in [-0.1, -0.05) is 19.9 Å². The molecular weight excluding hydrogens is 432 g/mol. The highest BCUT2D eigenvalue weighted by molar-refractivity contribution is 6.20. The number of anilines is 1. The van der Waals surface area contributed by atoms with Gasteiger partial charge in [0.25, 0.3) is 5.91 Å². The molecule has 0 aliphatic carbocycles. The summed E-state index contributed by atoms with van der Waals surface area (Å²) in [5, 5.41) is 0. The number of pyridine rings is 1. The standard InChI is InChI=1S/C26H32N4O4/c1-18(2)15-30-16-21(19-13-23(33-3)24(34-4)14-20(19)22(30)17-31)26(32)29-11-9-28(10-12-29)25-7-5-6-8-27-25/h5-8,13-14,16-18,22H,9-12,15H2,1-4H3. The molecule has 180 valence electrons. The SMILES string of the molecule is COc1cc2c(cc1OC)C(C=O)N(CC(C)C)C=C2C(=O)N1CCN(c2ccccn2)CC1. The van der Waals surface area contributed by atoms with E-state index in [2.05, 4.69) is 23.7 Å². The quantitative estimate of drug-likeness (QED) is 0.583. The number of benzene rings is 1. The van der Waals surface area contributed by atoms with Crippen LogP contribution >= 0.6 is 0 Å². The Balaban J connectivity index is 1.66. The predicted molar refractivity (Wildman–Crippen MR) is 131 cm³/mol. The fraction of sp³-hybridized carbons (Fsp3) is 0.423. The molecule has 2 aromatic rings. The van der Waals surface area contributed by atoms with Crippen molar-refractivity contribution < 1.29 is 19.1 Å². The third-order valence-electron chi connectivity index (χ3n) is 6.29. The fourth-order valence-corrected chi connectivity index (χ4v) is 4.63. The average molecular weight is 465 g/mol. The number of hydrogen-bond donors (Lipinski definition) is 0. The Bertz CT molecular complexity index is 1060. The second kappa shape index (κ2) is 10.2. The van der Waals surface area contributed by atoms with E-state index in [0.717, 1.165) is 17.7 Å². The lowest BCUT2D eigenvalue weighted by atomic mass is 9.89. The maximum absolute atomic E-state index is 13.8. The first-order valence-corrected chi connectivity index (χ1v) is 11.6. The van der Waals surface area contributed by atoms with Crippen molar-refractivity contribution in [2.75, 3.05) is 51.8 Å². The van der Waals surface area contributed by atoms with E-state index in [1.54, 1.807) is 20.4 Å². The Morgan fingerprint density at radius 3 is 2.41 bits per heavy atom. The first-order chi connectivity index (χ1) is 16.5. The number of carbonyl (C=O) groups is 2. The zero-order valence-electron chi connectivity index (χ0n) is 20.2. The van der Waals surface area contributed by atoms with Gasteiger partial charge >= 0.3 is 0 Å². The highest BCUT2D eigenvalue weighted by Crippen LogP contribution is 2.41. The van der Waals surface area contributed by atoms with Gasteiger partial charge in [0, 0.05) is 45.1 Å². The maximum Gasteiger partial charge on any atom is 0.256 e. The van der Waals surface area contributed by atoms with E-state index in [4.69, 9.17) is 9.47 Å². The van der Waals surface area contributed by atoms with Crippen LogP contribution in [0.4, 0.5) is 5.82 Å². The molecule has 3 heterocycles. The lowest BCUT2D eigenvalue weighted by Gasteiger charge is -2.39. The number of ether oxygens (including phenoxy) is 2. The third-order valence-corrected chi connectivity index (χ3v) is 6.29. The van der Waals surface area contributed by atoms with Crippen LogP contribution in [0, 0.1) is 5.92 Å². The largest absolute Gasteiger partial charge is 0.493 e. The van der Waals surface area contributed by atoms with Crippen molar-refractivity contribution in [1.82, 2.24) is 14.8 Å². The molecule has 1 fully saturated rings. The van der Waals surface area contributed by atoms with Crippen LogP contribution in [0.25, 0.3) is 5.57 Å². The molecule has 1 amide bonds. The number of hydrogen-bond acceptors (Lipinski definition) is 7. The average Bonchev–Trinajstić information content (AvgIpc) is 2.87. The Kier molecular flexibility index (Phi) is 7.05. The number of aromatic nitrogens is 1. The molecule has 34 heavy (non-hydrogen) atoms. The minimum absolute atomic E-state index is 0.0488. The molecule has 0 N–H and O–H groups in total. The fourth-order valence-electron chi connectivity index (χ4n) is 4.63. The molecule has 1 unspecified atom stereocenters. The van der Waals surface area contributed by atoms with E-state index in [-0.39, 0.29) is 5.91 Å². The van der Waals surface area contributed by atoms with Gasteiger partial charge in [-0.25, -0.2) is 4.98 Å². The number of aldehydes is 1. The Morgan fingerprint density at radius 2 is 1.82 bits per heavy atom. The lowest BCUT2D eigenvalue weighted by molar-refractivity contribution is -0.125. The highest BCUT2D eigenvalue weighted by Gasteiger charge is 2.34. The van der Waals surface area contributed by atoms with Crippen molar-refractivity contribution in [3.05, 3.63) is 53.9 Å². The molecule has 0 saturated carbocycles. The summed E-state index contributed by atoms with van der Waals surface area (Å²) in [6, 6.07) is 8.99. The van der Waals surface area contributed by atoms with Crippen molar-refractivity contribution in [2.24, 2.45) is 5.92 Å². The molecule has 8 nitrogen and oxygen atoms in total. The van der Waals surface area contributed by atoms with Gasteiger partial charge in [0.05, 0.1) is 19.8 Å². The third kappa shape index (κ3) is 4.58. The monoisotopic (exact) mass is 464 g/mol. The lowest BCUT2D eigenvalue weighted by Crippen LogP contribution is -2.49. The van der Waals surface area contributed by atoms with Gasteiger partial charge in [-0.3, -0.25) is 4.79 Å². The van der Waals surface area contributed by atoms with Crippen molar-refractivity contribution >= 4 is 23.6 Å². The molecule has 2 aliphatic heterocycles. The summed E-state index contributed by atoms with van der Waals surface area (Å²) < 4.78 is 11.0. The van der Waals surface area contributed by atoms with Crippen molar-refractivity contribution in [3.8, 4) is 11.5 Å². The predicted octanol–water partition coefficient (Wildman–Crippen LogP) is 3.00. The molecule has 1 saturated heterocycles. The molecule has 4 rings (SSSR count). The number of rotatable bonds is 7. The Hall–Kier alpha value is -3.55. The second-order valence-electron chi connectivity index (χ2n) is 8.98. The minimum atomic E-state index is -0.491. The van der Waals surface area contributed by atoms with E-state index in [1.165, 1.54) is 0 Å². The highest BCUT2D eigenvalue weighted by atomic mass is 16.5. The van der Waals surface area contributed by atoms with E-state index in [0.29, 0.717) is 61.3 Å². The van der Waals surface area contributed by atoms with E-state index in [9.17, 15) is 9.59 Å². The minimum Gasteiger partial charge on any atom is -0.493 e. The molecule has 0 radical (unpaired) electrons. The zero-order chi connectivity index (χ0) is 24.2. The number of piperazine rings is 1. The molecule has 1 atom stereocenters. The van der Waals surface area contributed by atoms with Crippen LogP contribution < -0.4 is 14.4 Å². The number of nitrogens with zero attached hydrogens (tertiary/aromatic N) is 4. The Morgan fingerprint density at radius 1 is 1.12 bits per heavy atom. The van der Waals surface area contributed by atoms with Gasteiger partial charge in [-0.05, 0) is 41.3 Å². The van der Waals surface area contributed by atoms with Gasteiger partial charge < -0.3 is 29.0 Å². The van der Waals surface area contributed by atoms with E-state index < -0.39 is 6.04 Å². The van der Waals surface area contributed by atoms with Crippen molar-refractivity contribution in [1.29, 1.82) is 0 Å². The molecule has 1 aromatic heterocycles. The number of carbonyl (C=O) groups excluding carboxylic acids is 2. The summed E-state index contributed by atoms with van der Waals surface area (Å²) in [6.07, 6.45) is 4.56. The van der Waals surface area contributed by atoms with Crippen LogP contribution in [-0.4, -0.2) is 73.9 Å². The van der Waals surface area contributed by atoms with E-state index in [1.807, 2.05) is 46.3 Å². The zero-order valence-corrected chi connectivity index (χ0v) is 20.2. The van der Waals surface area contributed by atoms with Crippen LogP contribution in [0.1, 0.15) is 31.0 Å². The molecular formula is C26H32N4O4. The summed E-state index contributed by atoms with van der Waals surface area (Å²) in [6.45, 7) is 7.45. The first kappa shape index (κ1) is 23.6.